The summed E-state index contributed by atoms with van der Waals surface area (Å²) in [7, 11) is 6.23. The molecule has 2 N–H and O–H groups in total. The predicted octanol–water partition coefficient (Wildman–Crippen LogP) is 2.88. The minimum absolute atomic E-state index is 0.237. The summed E-state index contributed by atoms with van der Waals surface area (Å²) in [5, 5.41) is 0. The van der Waals surface area contributed by atoms with E-state index in [-0.39, 0.29) is 6.04 Å². The Bertz CT molecular complexity index is 534. The number of rotatable bonds is 6. The van der Waals surface area contributed by atoms with Crippen molar-refractivity contribution in [1.82, 2.24) is 4.90 Å². The van der Waals surface area contributed by atoms with E-state index < -0.39 is 0 Å². The number of anilines is 1. The zero-order valence-corrected chi connectivity index (χ0v) is 13.2. The fourth-order valence-electron chi connectivity index (χ4n) is 2.55. The third kappa shape index (κ3) is 4.06. The second-order valence-electron chi connectivity index (χ2n) is 5.64. The van der Waals surface area contributed by atoms with Crippen molar-refractivity contribution in [3.8, 4) is 0 Å². The van der Waals surface area contributed by atoms with E-state index in [1.54, 1.807) is 0 Å². The maximum absolute atomic E-state index is 6.01. The number of nitrogens with zero attached hydrogens (tertiary/aromatic N) is 2. The second-order valence-corrected chi connectivity index (χ2v) is 5.64. The van der Waals surface area contributed by atoms with Crippen LogP contribution in [-0.2, 0) is 6.54 Å². The van der Waals surface area contributed by atoms with Crippen LogP contribution in [0.2, 0.25) is 0 Å². The summed E-state index contributed by atoms with van der Waals surface area (Å²) in [5.74, 6) is 0. The van der Waals surface area contributed by atoms with Crippen LogP contribution in [0.4, 0.5) is 5.69 Å². The number of nitrogens with two attached hydrogens (primary N) is 1. The largest absolute Gasteiger partial charge is 0.378 e. The topological polar surface area (TPSA) is 32.5 Å². The summed E-state index contributed by atoms with van der Waals surface area (Å²) >= 11 is 0. The lowest BCUT2D eigenvalue weighted by molar-refractivity contribution is 0.242. The van der Waals surface area contributed by atoms with Crippen molar-refractivity contribution in [1.29, 1.82) is 0 Å². The first kappa shape index (κ1) is 15.5. The van der Waals surface area contributed by atoms with Crippen LogP contribution < -0.4 is 10.6 Å². The van der Waals surface area contributed by atoms with Gasteiger partial charge >= 0.3 is 0 Å². The molecule has 0 aliphatic heterocycles. The molecule has 0 fully saturated rings. The van der Waals surface area contributed by atoms with Crippen molar-refractivity contribution in [3.05, 3.63) is 65.7 Å². The first-order valence-electron chi connectivity index (χ1n) is 7.33. The van der Waals surface area contributed by atoms with E-state index in [0.29, 0.717) is 6.54 Å². The van der Waals surface area contributed by atoms with Gasteiger partial charge in [-0.15, -0.1) is 0 Å². The van der Waals surface area contributed by atoms with Crippen LogP contribution in [0.25, 0.3) is 0 Å². The molecule has 2 rings (SSSR count). The molecule has 0 aliphatic rings. The molecule has 0 heterocycles. The summed E-state index contributed by atoms with van der Waals surface area (Å²) in [6.07, 6.45) is 0. The van der Waals surface area contributed by atoms with E-state index >= 15 is 0 Å². The van der Waals surface area contributed by atoms with Crippen LogP contribution in [0.5, 0.6) is 0 Å². The van der Waals surface area contributed by atoms with Gasteiger partial charge in [0.1, 0.15) is 0 Å². The fourth-order valence-corrected chi connectivity index (χ4v) is 2.55. The molecule has 0 saturated carbocycles. The average molecular weight is 283 g/mol. The molecule has 0 spiro atoms. The zero-order valence-electron chi connectivity index (χ0n) is 13.2. The van der Waals surface area contributed by atoms with Crippen molar-refractivity contribution < 1.29 is 0 Å². The summed E-state index contributed by atoms with van der Waals surface area (Å²) in [6.45, 7) is 1.52. The molecule has 1 unspecified atom stereocenters. The van der Waals surface area contributed by atoms with Crippen LogP contribution in [0.3, 0.4) is 0 Å². The van der Waals surface area contributed by atoms with Crippen molar-refractivity contribution in [2.45, 2.75) is 12.6 Å². The van der Waals surface area contributed by atoms with E-state index in [4.69, 9.17) is 5.73 Å². The Morgan fingerprint density at radius 2 is 1.52 bits per heavy atom. The third-order valence-corrected chi connectivity index (χ3v) is 3.82. The predicted molar refractivity (Wildman–Crippen MR) is 90.5 cm³/mol. The maximum atomic E-state index is 6.01. The number of hydrogen-bond donors (Lipinski definition) is 1. The molecule has 21 heavy (non-hydrogen) atoms. The van der Waals surface area contributed by atoms with Crippen molar-refractivity contribution in [2.24, 2.45) is 5.73 Å². The van der Waals surface area contributed by atoms with Gasteiger partial charge in [-0.2, -0.15) is 0 Å². The molecule has 0 saturated heterocycles. The Kier molecular flexibility index (Phi) is 5.37. The van der Waals surface area contributed by atoms with Gasteiger partial charge in [0.05, 0.1) is 0 Å². The highest BCUT2D eigenvalue weighted by molar-refractivity contribution is 5.46. The van der Waals surface area contributed by atoms with Crippen LogP contribution >= 0.6 is 0 Å². The lowest BCUT2D eigenvalue weighted by atomic mass is 10.0. The standard InChI is InChI=1S/C18H25N3/c1-20(2)17-11-9-16(10-12-17)18(13-19)21(3)14-15-7-5-4-6-8-15/h4-12,18H,13-14,19H2,1-3H3. The van der Waals surface area contributed by atoms with Gasteiger partial charge in [0.15, 0.2) is 0 Å². The minimum Gasteiger partial charge on any atom is -0.378 e. The molecule has 0 bridgehead atoms. The maximum Gasteiger partial charge on any atom is 0.0470 e. The van der Waals surface area contributed by atoms with Crippen LogP contribution in [-0.4, -0.2) is 32.6 Å². The average Bonchev–Trinajstić information content (AvgIpc) is 2.49. The molecule has 1 atom stereocenters. The Morgan fingerprint density at radius 1 is 0.905 bits per heavy atom. The molecule has 3 heteroatoms. The number of hydrogen-bond acceptors (Lipinski definition) is 3. The van der Waals surface area contributed by atoms with Gasteiger partial charge in [-0.25, -0.2) is 0 Å². The molecule has 0 aromatic heterocycles. The molecule has 2 aromatic rings. The lowest BCUT2D eigenvalue weighted by Gasteiger charge is -2.28. The molecular weight excluding hydrogens is 258 g/mol. The highest BCUT2D eigenvalue weighted by atomic mass is 15.1. The van der Waals surface area contributed by atoms with Crippen molar-refractivity contribution in [3.63, 3.8) is 0 Å². The van der Waals surface area contributed by atoms with Gasteiger partial charge in [-0.1, -0.05) is 42.5 Å². The molecule has 3 nitrogen and oxygen atoms in total. The fraction of sp³-hybridized carbons (Fsp3) is 0.333. The smallest absolute Gasteiger partial charge is 0.0470 e. The minimum atomic E-state index is 0.237. The Hall–Kier alpha value is -1.84. The van der Waals surface area contributed by atoms with Gasteiger partial charge in [0.25, 0.3) is 0 Å². The number of benzene rings is 2. The van der Waals surface area contributed by atoms with Crippen molar-refractivity contribution >= 4 is 5.69 Å². The second kappa shape index (κ2) is 7.25. The summed E-state index contributed by atoms with van der Waals surface area (Å²) in [6, 6.07) is 19.4. The molecule has 112 valence electrons. The summed E-state index contributed by atoms with van der Waals surface area (Å²) < 4.78 is 0. The third-order valence-electron chi connectivity index (χ3n) is 3.82. The van der Waals surface area contributed by atoms with E-state index in [2.05, 4.69) is 79.5 Å². The van der Waals surface area contributed by atoms with Crippen LogP contribution in [0.1, 0.15) is 17.2 Å². The zero-order chi connectivity index (χ0) is 15.2. The normalized spacial score (nSPS) is 12.4. The Labute approximate surface area is 128 Å². The highest BCUT2D eigenvalue weighted by Gasteiger charge is 2.15. The SMILES string of the molecule is CN(C)c1ccc(C(CN)N(C)Cc2ccccc2)cc1. The first-order chi connectivity index (χ1) is 10.1. The van der Waals surface area contributed by atoms with E-state index in [9.17, 15) is 0 Å². The lowest BCUT2D eigenvalue weighted by Crippen LogP contribution is -2.30. The molecule has 0 amide bonds. The monoisotopic (exact) mass is 283 g/mol. The van der Waals surface area contributed by atoms with Crippen LogP contribution in [0.15, 0.2) is 54.6 Å². The highest BCUT2D eigenvalue weighted by Crippen LogP contribution is 2.22. The molecular formula is C18H25N3. The van der Waals surface area contributed by atoms with Gasteiger partial charge in [-0.05, 0) is 30.3 Å². The Balaban J connectivity index is 2.11. The van der Waals surface area contributed by atoms with E-state index in [1.807, 2.05) is 6.07 Å². The van der Waals surface area contributed by atoms with Crippen LogP contribution in [0, 0.1) is 0 Å². The van der Waals surface area contributed by atoms with E-state index in [0.717, 1.165) is 6.54 Å². The van der Waals surface area contributed by atoms with E-state index in [1.165, 1.54) is 16.8 Å². The molecule has 0 radical (unpaired) electrons. The van der Waals surface area contributed by atoms with Gasteiger partial charge < -0.3 is 10.6 Å². The molecule has 2 aromatic carbocycles. The molecule has 0 aliphatic carbocycles. The summed E-state index contributed by atoms with van der Waals surface area (Å²) in [5.41, 5.74) is 9.79. The van der Waals surface area contributed by atoms with Gasteiger partial charge in [0, 0.05) is 38.9 Å². The van der Waals surface area contributed by atoms with Crippen molar-refractivity contribution in [2.75, 3.05) is 32.6 Å². The quantitative estimate of drug-likeness (QED) is 0.885. The number of likely N-dealkylation sites (N-methyl/N-ethyl adjacent to an activating group) is 1. The van der Waals surface area contributed by atoms with Gasteiger partial charge in [-0.3, -0.25) is 4.90 Å². The van der Waals surface area contributed by atoms with Gasteiger partial charge in [0.2, 0.25) is 0 Å². The summed E-state index contributed by atoms with van der Waals surface area (Å²) in [4.78, 5) is 4.41. The Morgan fingerprint density at radius 3 is 2.05 bits per heavy atom. The first-order valence-corrected chi connectivity index (χ1v) is 7.33.